The largest absolute Gasteiger partial charge is 0.490 e. The topological polar surface area (TPSA) is 47.6 Å². The van der Waals surface area contributed by atoms with Crippen molar-refractivity contribution in [2.45, 2.75) is 40.0 Å². The van der Waals surface area contributed by atoms with Crippen LogP contribution in [0.1, 0.15) is 44.4 Å². The minimum atomic E-state index is 0.0128. The van der Waals surface area contributed by atoms with E-state index in [1.165, 1.54) is 25.8 Å². The van der Waals surface area contributed by atoms with Crippen LogP contribution in [-0.2, 0) is 19.3 Å². The van der Waals surface area contributed by atoms with Crippen molar-refractivity contribution in [2.75, 3.05) is 19.8 Å². The SMILES string of the molecule is CCOc1ccc(CCNC(=O)c2cc3c(s2)-c2cc(C)sc2CC3)cc1OCC. The predicted octanol–water partition coefficient (Wildman–Crippen LogP) is 5.65. The molecule has 0 atom stereocenters. The van der Waals surface area contributed by atoms with E-state index in [-0.39, 0.29) is 5.91 Å². The van der Waals surface area contributed by atoms with E-state index in [0.717, 1.165) is 41.2 Å². The lowest BCUT2D eigenvalue weighted by molar-refractivity contribution is 0.0958. The third-order valence-electron chi connectivity index (χ3n) is 5.14. The second-order valence-corrected chi connectivity index (χ2v) is 9.71. The molecule has 1 aromatic carbocycles. The zero-order chi connectivity index (χ0) is 21.1. The molecule has 0 bridgehead atoms. The van der Waals surface area contributed by atoms with Crippen LogP contribution in [0.4, 0.5) is 0 Å². The van der Waals surface area contributed by atoms with E-state index in [2.05, 4.69) is 24.4 Å². The summed E-state index contributed by atoms with van der Waals surface area (Å²) in [6.45, 7) is 7.86. The fourth-order valence-corrected chi connectivity index (χ4v) is 6.08. The van der Waals surface area contributed by atoms with Gasteiger partial charge in [-0.3, -0.25) is 4.79 Å². The maximum atomic E-state index is 12.7. The quantitative estimate of drug-likeness (QED) is 0.491. The summed E-state index contributed by atoms with van der Waals surface area (Å²) < 4.78 is 11.3. The Kier molecular flexibility index (Phi) is 6.44. The average Bonchev–Trinajstić information content (AvgIpc) is 3.32. The molecule has 158 valence electrons. The number of benzene rings is 1. The summed E-state index contributed by atoms with van der Waals surface area (Å²) >= 11 is 3.50. The molecule has 0 saturated heterocycles. The van der Waals surface area contributed by atoms with Gasteiger partial charge in [0.2, 0.25) is 0 Å². The van der Waals surface area contributed by atoms with Crippen molar-refractivity contribution in [3.05, 3.63) is 56.1 Å². The Balaban J connectivity index is 1.39. The summed E-state index contributed by atoms with van der Waals surface area (Å²) in [5.41, 5.74) is 3.76. The monoisotopic (exact) mass is 441 g/mol. The fraction of sp³-hybridized carbons (Fsp3) is 0.375. The second kappa shape index (κ2) is 9.23. The Morgan fingerprint density at radius 1 is 1.03 bits per heavy atom. The average molecular weight is 442 g/mol. The van der Waals surface area contributed by atoms with E-state index in [0.29, 0.717) is 19.8 Å². The molecule has 0 saturated carbocycles. The molecule has 1 aliphatic carbocycles. The lowest BCUT2D eigenvalue weighted by Crippen LogP contribution is -2.24. The van der Waals surface area contributed by atoms with Gasteiger partial charge in [0.05, 0.1) is 18.1 Å². The summed E-state index contributed by atoms with van der Waals surface area (Å²) in [4.78, 5) is 17.6. The number of hydrogen-bond donors (Lipinski definition) is 1. The first-order valence-electron chi connectivity index (χ1n) is 10.5. The number of carbonyl (C=O) groups excluding carboxylic acids is 1. The molecule has 1 N–H and O–H groups in total. The lowest BCUT2D eigenvalue weighted by atomic mass is 9.98. The van der Waals surface area contributed by atoms with E-state index >= 15 is 0 Å². The molecular formula is C24H27NO3S2. The van der Waals surface area contributed by atoms with Crippen LogP contribution in [0.5, 0.6) is 11.5 Å². The third-order valence-corrected chi connectivity index (χ3v) is 7.46. The van der Waals surface area contributed by atoms with Gasteiger partial charge in [-0.1, -0.05) is 6.07 Å². The van der Waals surface area contributed by atoms with Gasteiger partial charge in [0.1, 0.15) is 0 Å². The van der Waals surface area contributed by atoms with Crippen LogP contribution in [0.2, 0.25) is 0 Å². The highest BCUT2D eigenvalue weighted by molar-refractivity contribution is 7.18. The molecule has 0 aliphatic heterocycles. The van der Waals surface area contributed by atoms with Crippen LogP contribution in [0, 0.1) is 6.92 Å². The van der Waals surface area contributed by atoms with Crippen LogP contribution in [0.25, 0.3) is 10.4 Å². The molecule has 6 heteroatoms. The number of nitrogens with one attached hydrogen (secondary N) is 1. The van der Waals surface area contributed by atoms with Gasteiger partial charge in [0.25, 0.3) is 5.91 Å². The van der Waals surface area contributed by atoms with Gasteiger partial charge in [-0.15, -0.1) is 22.7 Å². The molecule has 4 rings (SSSR count). The van der Waals surface area contributed by atoms with Gasteiger partial charge in [0.15, 0.2) is 11.5 Å². The maximum absolute atomic E-state index is 12.7. The minimum Gasteiger partial charge on any atom is -0.490 e. The molecule has 0 unspecified atom stereocenters. The molecule has 3 aromatic rings. The van der Waals surface area contributed by atoms with Crippen LogP contribution >= 0.6 is 22.7 Å². The lowest BCUT2D eigenvalue weighted by Gasteiger charge is -2.12. The standard InChI is InChI=1S/C24H27NO3S2/c1-4-27-19-8-6-16(13-20(19)28-5-2)10-11-25-24(26)22-14-17-7-9-21-18(23(17)30-22)12-15(3)29-21/h6,8,12-14H,4-5,7,9-11H2,1-3H3,(H,25,26). The molecule has 0 spiro atoms. The Morgan fingerprint density at radius 3 is 2.63 bits per heavy atom. The molecule has 2 heterocycles. The summed E-state index contributed by atoms with van der Waals surface area (Å²) in [6, 6.07) is 10.3. The molecule has 0 fully saturated rings. The van der Waals surface area contributed by atoms with Crippen LogP contribution < -0.4 is 14.8 Å². The van der Waals surface area contributed by atoms with Crippen molar-refractivity contribution in [1.29, 1.82) is 0 Å². The van der Waals surface area contributed by atoms with Crippen molar-refractivity contribution >= 4 is 28.6 Å². The first-order valence-corrected chi connectivity index (χ1v) is 12.1. The Morgan fingerprint density at radius 2 is 1.83 bits per heavy atom. The van der Waals surface area contributed by atoms with Gasteiger partial charge in [-0.2, -0.15) is 0 Å². The molecule has 30 heavy (non-hydrogen) atoms. The first-order chi connectivity index (χ1) is 14.6. The predicted molar refractivity (Wildman–Crippen MR) is 125 cm³/mol. The molecular weight excluding hydrogens is 414 g/mol. The molecule has 4 nitrogen and oxygen atoms in total. The van der Waals surface area contributed by atoms with E-state index in [1.54, 1.807) is 11.3 Å². The van der Waals surface area contributed by atoms with Crippen LogP contribution in [0.3, 0.4) is 0 Å². The maximum Gasteiger partial charge on any atom is 0.261 e. The van der Waals surface area contributed by atoms with Gasteiger partial charge in [-0.05, 0) is 75.4 Å². The van der Waals surface area contributed by atoms with Crippen molar-refractivity contribution in [3.8, 4) is 21.9 Å². The summed E-state index contributed by atoms with van der Waals surface area (Å²) in [7, 11) is 0. The number of hydrogen-bond acceptors (Lipinski definition) is 5. The molecule has 1 aliphatic rings. The van der Waals surface area contributed by atoms with Crippen LogP contribution in [-0.4, -0.2) is 25.7 Å². The summed E-state index contributed by atoms with van der Waals surface area (Å²) in [5.74, 6) is 1.54. The number of rotatable bonds is 8. The smallest absolute Gasteiger partial charge is 0.261 e. The Hall–Kier alpha value is -2.31. The van der Waals surface area contributed by atoms with Gasteiger partial charge >= 0.3 is 0 Å². The molecule has 1 amide bonds. The zero-order valence-corrected chi connectivity index (χ0v) is 19.3. The fourth-order valence-electron chi connectivity index (χ4n) is 3.80. The van der Waals surface area contributed by atoms with Crippen molar-refractivity contribution in [2.24, 2.45) is 0 Å². The zero-order valence-electron chi connectivity index (χ0n) is 17.7. The molecule has 2 aromatic heterocycles. The number of fused-ring (bicyclic) bond motifs is 3. The number of amides is 1. The third kappa shape index (κ3) is 4.40. The van der Waals surface area contributed by atoms with E-state index in [9.17, 15) is 4.79 Å². The molecule has 0 radical (unpaired) electrons. The number of carbonyl (C=O) groups is 1. The van der Waals surface area contributed by atoms with E-state index in [1.807, 2.05) is 43.4 Å². The summed E-state index contributed by atoms with van der Waals surface area (Å²) in [5, 5.41) is 3.08. The van der Waals surface area contributed by atoms with Gasteiger partial charge < -0.3 is 14.8 Å². The van der Waals surface area contributed by atoms with Crippen molar-refractivity contribution in [1.82, 2.24) is 5.32 Å². The Labute approximate surface area is 185 Å². The second-order valence-electron chi connectivity index (χ2n) is 7.31. The van der Waals surface area contributed by atoms with Crippen LogP contribution in [0.15, 0.2) is 30.3 Å². The highest BCUT2D eigenvalue weighted by Crippen LogP contribution is 2.43. The number of aryl methyl sites for hydroxylation is 3. The van der Waals surface area contributed by atoms with Gasteiger partial charge in [0, 0.05) is 26.7 Å². The first kappa shape index (κ1) is 20.9. The Bertz CT molecular complexity index is 1050. The van der Waals surface area contributed by atoms with Gasteiger partial charge in [-0.25, -0.2) is 0 Å². The van der Waals surface area contributed by atoms with E-state index in [4.69, 9.17) is 9.47 Å². The summed E-state index contributed by atoms with van der Waals surface area (Å²) in [6.07, 6.45) is 2.86. The van der Waals surface area contributed by atoms with Crippen molar-refractivity contribution < 1.29 is 14.3 Å². The highest BCUT2D eigenvalue weighted by atomic mass is 32.1. The number of thiophene rings is 2. The normalized spacial score (nSPS) is 12.2. The number of ether oxygens (including phenoxy) is 2. The highest BCUT2D eigenvalue weighted by Gasteiger charge is 2.23. The van der Waals surface area contributed by atoms with Crippen molar-refractivity contribution in [3.63, 3.8) is 0 Å². The van der Waals surface area contributed by atoms with E-state index < -0.39 is 0 Å². The minimum absolute atomic E-state index is 0.0128.